The molecule has 0 fully saturated rings. The molecule has 0 amide bonds. The number of aliphatic hydroxyl groups is 1. The van der Waals surface area contributed by atoms with Crippen LogP contribution in [0.15, 0.2) is 18.2 Å². The van der Waals surface area contributed by atoms with Gasteiger partial charge in [0, 0.05) is 11.6 Å². The van der Waals surface area contributed by atoms with Crippen molar-refractivity contribution >= 4 is 0 Å². The molecule has 6 heteroatoms. The second-order valence-corrected chi connectivity index (χ2v) is 3.58. The molecule has 0 heterocycles. The molecule has 1 aromatic rings. The highest BCUT2D eigenvalue weighted by Gasteiger charge is 2.31. The van der Waals surface area contributed by atoms with Crippen molar-refractivity contribution < 1.29 is 23.4 Å². The van der Waals surface area contributed by atoms with Crippen molar-refractivity contribution in [3.05, 3.63) is 29.3 Å². The van der Waals surface area contributed by atoms with Crippen LogP contribution in [0.3, 0.4) is 0 Å². The Morgan fingerprint density at radius 3 is 2.25 bits per heavy atom. The van der Waals surface area contributed by atoms with Gasteiger partial charge in [0.25, 0.3) is 0 Å². The molecule has 0 radical (unpaired) electrons. The molecule has 3 nitrogen and oxygen atoms in total. The molecule has 1 rings (SSSR count). The van der Waals surface area contributed by atoms with E-state index in [0.717, 1.165) is 12.1 Å². The minimum absolute atomic E-state index is 0.0111. The largest absolute Gasteiger partial charge is 0.508 e. The van der Waals surface area contributed by atoms with E-state index in [4.69, 9.17) is 5.73 Å². The van der Waals surface area contributed by atoms with Crippen LogP contribution in [0, 0.1) is 0 Å². The van der Waals surface area contributed by atoms with Gasteiger partial charge in [-0.1, -0.05) is 6.07 Å². The first-order chi connectivity index (χ1) is 7.23. The number of hydrogen-bond acceptors (Lipinski definition) is 3. The zero-order valence-electron chi connectivity index (χ0n) is 8.49. The van der Waals surface area contributed by atoms with E-state index < -0.39 is 29.6 Å². The summed E-state index contributed by atoms with van der Waals surface area (Å²) in [5.41, 5.74) is 4.40. The van der Waals surface area contributed by atoms with Gasteiger partial charge in [-0.3, -0.25) is 0 Å². The average Bonchev–Trinajstić information content (AvgIpc) is 2.15. The molecule has 2 unspecified atom stereocenters. The van der Waals surface area contributed by atoms with E-state index >= 15 is 0 Å². The molecule has 2 atom stereocenters. The number of rotatable bonds is 2. The molecule has 90 valence electrons. The molecule has 0 saturated carbocycles. The number of aliphatic hydroxyl groups excluding tert-OH is 1. The van der Waals surface area contributed by atoms with E-state index in [0.29, 0.717) is 6.07 Å². The Balaban J connectivity index is 3.10. The number of alkyl halides is 3. The van der Waals surface area contributed by atoms with Crippen LogP contribution in [-0.2, 0) is 6.18 Å². The molecule has 0 saturated heterocycles. The summed E-state index contributed by atoms with van der Waals surface area (Å²) >= 11 is 0. The van der Waals surface area contributed by atoms with Crippen LogP contribution >= 0.6 is 0 Å². The Morgan fingerprint density at radius 1 is 1.31 bits per heavy atom. The SMILES string of the molecule is CC(N)C(O)c1ccc(C(F)(F)F)cc1O. The minimum atomic E-state index is -4.52. The summed E-state index contributed by atoms with van der Waals surface area (Å²) in [6.07, 6.45) is -5.71. The highest BCUT2D eigenvalue weighted by atomic mass is 19.4. The normalized spacial score (nSPS) is 15.9. The molecule has 1 aromatic carbocycles. The average molecular weight is 235 g/mol. The minimum Gasteiger partial charge on any atom is -0.508 e. The van der Waals surface area contributed by atoms with E-state index in [1.54, 1.807) is 0 Å². The van der Waals surface area contributed by atoms with Crippen LogP contribution in [-0.4, -0.2) is 16.3 Å². The zero-order valence-corrected chi connectivity index (χ0v) is 8.49. The van der Waals surface area contributed by atoms with Crippen molar-refractivity contribution in [3.8, 4) is 5.75 Å². The van der Waals surface area contributed by atoms with Gasteiger partial charge in [-0.25, -0.2) is 0 Å². The maximum atomic E-state index is 12.3. The highest BCUT2D eigenvalue weighted by Crippen LogP contribution is 2.34. The topological polar surface area (TPSA) is 66.5 Å². The Kier molecular flexibility index (Phi) is 3.44. The summed E-state index contributed by atoms with van der Waals surface area (Å²) in [5.74, 6) is -0.611. The lowest BCUT2D eigenvalue weighted by Gasteiger charge is -2.17. The lowest BCUT2D eigenvalue weighted by Crippen LogP contribution is -2.24. The quantitative estimate of drug-likeness (QED) is 0.732. The van der Waals surface area contributed by atoms with Crippen molar-refractivity contribution in [1.29, 1.82) is 0 Å². The first kappa shape index (κ1) is 12.8. The van der Waals surface area contributed by atoms with Crippen molar-refractivity contribution in [3.63, 3.8) is 0 Å². The highest BCUT2D eigenvalue weighted by molar-refractivity contribution is 5.39. The van der Waals surface area contributed by atoms with Crippen molar-refractivity contribution in [2.75, 3.05) is 0 Å². The summed E-state index contributed by atoms with van der Waals surface area (Å²) in [4.78, 5) is 0. The van der Waals surface area contributed by atoms with Gasteiger partial charge < -0.3 is 15.9 Å². The third-order valence-corrected chi connectivity index (χ3v) is 2.17. The van der Waals surface area contributed by atoms with Gasteiger partial charge in [0.15, 0.2) is 0 Å². The van der Waals surface area contributed by atoms with Crippen molar-refractivity contribution in [2.45, 2.75) is 25.2 Å². The van der Waals surface area contributed by atoms with Crippen LogP contribution in [0.4, 0.5) is 13.2 Å². The Bertz CT molecular complexity index is 377. The van der Waals surface area contributed by atoms with Gasteiger partial charge in [-0.15, -0.1) is 0 Å². The standard InChI is InChI=1S/C10H12F3NO2/c1-5(14)9(16)7-3-2-6(4-8(7)15)10(11,12)13/h2-5,9,15-16H,14H2,1H3. The number of benzene rings is 1. The van der Waals surface area contributed by atoms with Gasteiger partial charge in [0.05, 0.1) is 11.7 Å². The fourth-order valence-corrected chi connectivity index (χ4v) is 1.25. The van der Waals surface area contributed by atoms with Gasteiger partial charge >= 0.3 is 6.18 Å². The van der Waals surface area contributed by atoms with Crippen LogP contribution < -0.4 is 5.73 Å². The fraction of sp³-hybridized carbons (Fsp3) is 0.400. The van der Waals surface area contributed by atoms with Gasteiger partial charge in [-0.05, 0) is 19.1 Å². The molecular weight excluding hydrogens is 223 g/mol. The van der Waals surface area contributed by atoms with Crippen molar-refractivity contribution in [1.82, 2.24) is 0 Å². The summed E-state index contributed by atoms with van der Waals surface area (Å²) in [6.45, 7) is 1.49. The predicted molar refractivity (Wildman–Crippen MR) is 51.7 cm³/mol. The summed E-state index contributed by atoms with van der Waals surface area (Å²) in [7, 11) is 0. The van der Waals surface area contributed by atoms with Crippen LogP contribution in [0.1, 0.15) is 24.2 Å². The summed E-state index contributed by atoms with van der Waals surface area (Å²) < 4.78 is 36.8. The number of nitrogens with two attached hydrogens (primary N) is 1. The van der Waals surface area contributed by atoms with E-state index in [2.05, 4.69) is 0 Å². The maximum absolute atomic E-state index is 12.3. The Morgan fingerprint density at radius 2 is 1.88 bits per heavy atom. The molecule has 0 bridgehead atoms. The summed E-state index contributed by atoms with van der Waals surface area (Å²) in [6, 6.07) is 1.70. The molecule has 4 N–H and O–H groups in total. The molecule has 0 aromatic heterocycles. The number of phenols is 1. The zero-order chi connectivity index (χ0) is 12.5. The second kappa shape index (κ2) is 4.31. The van der Waals surface area contributed by atoms with Crippen LogP contribution in [0.5, 0.6) is 5.75 Å². The van der Waals surface area contributed by atoms with Gasteiger partial charge in [0.2, 0.25) is 0 Å². The molecule has 0 aliphatic rings. The summed E-state index contributed by atoms with van der Waals surface area (Å²) in [5, 5.41) is 18.9. The molecule has 0 spiro atoms. The van der Waals surface area contributed by atoms with E-state index in [1.165, 1.54) is 6.92 Å². The van der Waals surface area contributed by atoms with E-state index in [-0.39, 0.29) is 5.56 Å². The number of hydrogen-bond donors (Lipinski definition) is 3. The maximum Gasteiger partial charge on any atom is 0.416 e. The smallest absolute Gasteiger partial charge is 0.416 e. The third-order valence-electron chi connectivity index (χ3n) is 2.17. The Labute approximate surface area is 90.3 Å². The number of halogens is 3. The first-order valence-electron chi connectivity index (χ1n) is 4.57. The van der Waals surface area contributed by atoms with Gasteiger partial charge in [-0.2, -0.15) is 13.2 Å². The fourth-order valence-electron chi connectivity index (χ4n) is 1.25. The first-order valence-corrected chi connectivity index (χ1v) is 4.57. The lowest BCUT2D eigenvalue weighted by molar-refractivity contribution is -0.137. The molecule has 0 aliphatic heterocycles. The van der Waals surface area contributed by atoms with Crippen LogP contribution in [0.25, 0.3) is 0 Å². The second-order valence-electron chi connectivity index (χ2n) is 3.58. The molecule has 16 heavy (non-hydrogen) atoms. The molecule has 0 aliphatic carbocycles. The number of aromatic hydroxyl groups is 1. The van der Waals surface area contributed by atoms with Crippen LogP contribution in [0.2, 0.25) is 0 Å². The number of phenolic OH excluding ortho intramolecular Hbond substituents is 1. The third kappa shape index (κ3) is 2.65. The Hall–Kier alpha value is -1.27. The molecular formula is C10H12F3NO2. The lowest BCUT2D eigenvalue weighted by atomic mass is 10.0. The van der Waals surface area contributed by atoms with Crippen molar-refractivity contribution in [2.24, 2.45) is 5.73 Å². The monoisotopic (exact) mass is 235 g/mol. The van der Waals surface area contributed by atoms with Gasteiger partial charge in [0.1, 0.15) is 5.75 Å². The van der Waals surface area contributed by atoms with E-state index in [9.17, 15) is 23.4 Å². The predicted octanol–water partition coefficient (Wildman–Crippen LogP) is 1.79. The van der Waals surface area contributed by atoms with E-state index in [1.807, 2.05) is 0 Å².